The van der Waals surface area contributed by atoms with E-state index in [4.69, 9.17) is 12.2 Å². The van der Waals surface area contributed by atoms with Crippen LogP contribution in [0.5, 0.6) is 0 Å². The molecule has 0 radical (unpaired) electrons. The molecule has 4 rings (SSSR count). The molecule has 6 heteroatoms. The van der Waals surface area contributed by atoms with Gasteiger partial charge in [-0.15, -0.1) is 0 Å². The number of hydrogen-bond donors (Lipinski definition) is 1. The first-order valence-electron chi connectivity index (χ1n) is 9.32. The summed E-state index contributed by atoms with van der Waals surface area (Å²) >= 11 is 5.19. The Bertz CT molecular complexity index is 1160. The zero-order chi connectivity index (χ0) is 21.1. The van der Waals surface area contributed by atoms with Crippen molar-refractivity contribution in [1.82, 2.24) is 5.32 Å². The molecule has 1 fully saturated rings. The number of carbonyl (C=O) groups is 2. The minimum atomic E-state index is -0.535. The summed E-state index contributed by atoms with van der Waals surface area (Å²) in [4.78, 5) is 26.7. The van der Waals surface area contributed by atoms with E-state index < -0.39 is 11.8 Å². The second kappa shape index (κ2) is 8.39. The lowest BCUT2D eigenvalue weighted by atomic mass is 10.0. The van der Waals surface area contributed by atoms with E-state index in [0.717, 1.165) is 5.56 Å². The largest absolute Gasteiger partial charge is 0.298 e. The van der Waals surface area contributed by atoms with Crippen LogP contribution in [-0.4, -0.2) is 16.9 Å². The number of hydrogen-bond acceptors (Lipinski definition) is 3. The maximum Gasteiger partial charge on any atom is 0.270 e. The molecule has 0 spiro atoms. The Kier molecular flexibility index (Phi) is 5.50. The van der Waals surface area contributed by atoms with E-state index in [9.17, 15) is 14.0 Å². The van der Waals surface area contributed by atoms with E-state index in [1.807, 2.05) is 18.2 Å². The first-order valence-corrected chi connectivity index (χ1v) is 9.72. The molecular weight excluding hydrogens is 399 g/mol. The third-order valence-corrected chi connectivity index (χ3v) is 5.04. The molecule has 3 aromatic rings. The molecule has 1 aliphatic heterocycles. The van der Waals surface area contributed by atoms with E-state index in [2.05, 4.69) is 5.32 Å². The SMILES string of the molecule is O=C1NC(=S)N(c2ccccc2)C(=O)/C1=C\c1ccc(Cc2ccccc2F)cc1. The average Bonchev–Trinajstić information content (AvgIpc) is 2.74. The Morgan fingerprint density at radius 3 is 2.27 bits per heavy atom. The van der Waals surface area contributed by atoms with Crippen molar-refractivity contribution < 1.29 is 14.0 Å². The van der Waals surface area contributed by atoms with E-state index in [1.165, 1.54) is 17.0 Å². The van der Waals surface area contributed by atoms with E-state index in [0.29, 0.717) is 23.2 Å². The third kappa shape index (κ3) is 4.04. The van der Waals surface area contributed by atoms with Crippen molar-refractivity contribution in [2.75, 3.05) is 4.90 Å². The van der Waals surface area contributed by atoms with Gasteiger partial charge in [0.05, 0.1) is 5.69 Å². The van der Waals surface area contributed by atoms with Gasteiger partial charge in [-0.25, -0.2) is 4.39 Å². The molecule has 4 nitrogen and oxygen atoms in total. The molecular formula is C24H17FN2O2S. The van der Waals surface area contributed by atoms with Gasteiger partial charge in [-0.05, 0) is 53.2 Å². The predicted octanol–water partition coefficient (Wildman–Crippen LogP) is 4.25. The molecule has 0 bridgehead atoms. The summed E-state index contributed by atoms with van der Waals surface area (Å²) in [7, 11) is 0. The predicted molar refractivity (Wildman–Crippen MR) is 118 cm³/mol. The highest BCUT2D eigenvalue weighted by Crippen LogP contribution is 2.22. The van der Waals surface area contributed by atoms with Crippen molar-refractivity contribution in [3.05, 3.63) is 107 Å². The van der Waals surface area contributed by atoms with Crippen LogP contribution in [0.3, 0.4) is 0 Å². The second-order valence-corrected chi connectivity index (χ2v) is 7.19. The maximum absolute atomic E-state index is 13.9. The molecule has 30 heavy (non-hydrogen) atoms. The van der Waals surface area contributed by atoms with E-state index >= 15 is 0 Å². The van der Waals surface area contributed by atoms with Crippen LogP contribution in [0.4, 0.5) is 10.1 Å². The average molecular weight is 416 g/mol. The maximum atomic E-state index is 13.9. The van der Waals surface area contributed by atoms with Crippen LogP contribution in [0.2, 0.25) is 0 Å². The van der Waals surface area contributed by atoms with E-state index in [1.54, 1.807) is 54.6 Å². The lowest BCUT2D eigenvalue weighted by Crippen LogP contribution is -2.54. The minimum absolute atomic E-state index is 0.00527. The van der Waals surface area contributed by atoms with Gasteiger partial charge in [-0.3, -0.25) is 19.8 Å². The fourth-order valence-corrected chi connectivity index (χ4v) is 3.51. The fourth-order valence-electron chi connectivity index (χ4n) is 3.23. The number of nitrogens with one attached hydrogen (secondary N) is 1. The van der Waals surface area contributed by atoms with Crippen molar-refractivity contribution >= 4 is 40.9 Å². The van der Waals surface area contributed by atoms with E-state index in [-0.39, 0.29) is 16.5 Å². The molecule has 1 N–H and O–H groups in total. The quantitative estimate of drug-likeness (QED) is 0.393. The number of nitrogens with zero attached hydrogens (tertiary/aromatic N) is 1. The van der Waals surface area contributed by atoms with Crippen LogP contribution < -0.4 is 10.2 Å². The molecule has 0 unspecified atom stereocenters. The summed E-state index contributed by atoms with van der Waals surface area (Å²) in [6.45, 7) is 0. The topological polar surface area (TPSA) is 49.4 Å². The standard InChI is InChI=1S/C24H17FN2O2S/c25-21-9-5-4-6-18(21)14-16-10-12-17(13-11-16)15-20-22(28)26-24(30)27(23(20)29)19-7-2-1-3-8-19/h1-13,15H,14H2,(H,26,28,30)/b20-15-. The number of rotatable bonds is 4. The van der Waals surface area contributed by atoms with Gasteiger partial charge in [-0.2, -0.15) is 0 Å². The number of para-hydroxylation sites is 1. The number of benzene rings is 3. The smallest absolute Gasteiger partial charge is 0.270 e. The van der Waals surface area contributed by atoms with Crippen LogP contribution in [0, 0.1) is 5.82 Å². The van der Waals surface area contributed by atoms with Gasteiger partial charge >= 0.3 is 0 Å². The van der Waals surface area contributed by atoms with Crippen LogP contribution in [0.25, 0.3) is 6.08 Å². The van der Waals surface area contributed by atoms with Crippen LogP contribution in [0.1, 0.15) is 16.7 Å². The summed E-state index contributed by atoms with van der Waals surface area (Å²) in [5.41, 5.74) is 2.80. The molecule has 148 valence electrons. The normalized spacial score (nSPS) is 15.4. The number of amides is 2. The summed E-state index contributed by atoms with van der Waals surface area (Å²) in [5, 5.41) is 2.62. The van der Waals surface area contributed by atoms with Crippen molar-refractivity contribution in [3.63, 3.8) is 0 Å². The lowest BCUT2D eigenvalue weighted by Gasteiger charge is -2.28. The molecule has 0 aliphatic carbocycles. The van der Waals surface area contributed by atoms with Gasteiger partial charge in [0, 0.05) is 6.42 Å². The molecule has 0 aromatic heterocycles. The Balaban J connectivity index is 1.58. The zero-order valence-electron chi connectivity index (χ0n) is 15.8. The third-order valence-electron chi connectivity index (χ3n) is 4.76. The van der Waals surface area contributed by atoms with Gasteiger partial charge < -0.3 is 0 Å². The van der Waals surface area contributed by atoms with Gasteiger partial charge in [0.1, 0.15) is 11.4 Å². The summed E-state index contributed by atoms with van der Waals surface area (Å²) in [6.07, 6.45) is 1.99. The molecule has 0 saturated carbocycles. The van der Waals surface area contributed by atoms with Crippen molar-refractivity contribution in [1.29, 1.82) is 0 Å². The highest BCUT2D eigenvalue weighted by Gasteiger charge is 2.34. The van der Waals surface area contributed by atoms with Crippen LogP contribution in [0.15, 0.2) is 84.4 Å². The van der Waals surface area contributed by atoms with Crippen LogP contribution in [-0.2, 0) is 16.0 Å². The second-order valence-electron chi connectivity index (χ2n) is 6.80. The Hall–Kier alpha value is -3.64. The molecule has 1 aliphatic rings. The Morgan fingerprint density at radius 1 is 0.900 bits per heavy atom. The van der Waals surface area contributed by atoms with Crippen molar-refractivity contribution in [2.24, 2.45) is 0 Å². The molecule has 2 amide bonds. The molecule has 0 atom stereocenters. The molecule has 1 heterocycles. The number of anilines is 1. The molecule has 1 saturated heterocycles. The zero-order valence-corrected chi connectivity index (χ0v) is 16.7. The summed E-state index contributed by atoms with van der Waals surface area (Å²) in [5.74, 6) is -1.26. The van der Waals surface area contributed by atoms with Crippen LogP contribution >= 0.6 is 12.2 Å². The summed E-state index contributed by atoms with van der Waals surface area (Å²) in [6, 6.07) is 22.8. The van der Waals surface area contributed by atoms with Crippen molar-refractivity contribution in [3.8, 4) is 0 Å². The molecule has 3 aromatic carbocycles. The lowest BCUT2D eigenvalue weighted by molar-refractivity contribution is -0.122. The summed E-state index contributed by atoms with van der Waals surface area (Å²) < 4.78 is 13.9. The van der Waals surface area contributed by atoms with Gasteiger partial charge in [-0.1, -0.05) is 60.7 Å². The number of carbonyl (C=O) groups excluding carboxylic acids is 2. The van der Waals surface area contributed by atoms with Crippen molar-refractivity contribution in [2.45, 2.75) is 6.42 Å². The Labute approximate surface area is 178 Å². The highest BCUT2D eigenvalue weighted by molar-refractivity contribution is 7.80. The van der Waals surface area contributed by atoms with Gasteiger partial charge in [0.2, 0.25) is 0 Å². The minimum Gasteiger partial charge on any atom is -0.298 e. The number of halogens is 1. The Morgan fingerprint density at radius 2 is 1.57 bits per heavy atom. The highest BCUT2D eigenvalue weighted by atomic mass is 32.1. The first-order chi connectivity index (χ1) is 14.5. The first kappa shape index (κ1) is 19.7. The number of thiocarbonyl (C=S) groups is 1. The van der Waals surface area contributed by atoms with Gasteiger partial charge in [0.25, 0.3) is 11.8 Å². The monoisotopic (exact) mass is 416 g/mol. The fraction of sp³-hybridized carbons (Fsp3) is 0.0417. The van der Waals surface area contributed by atoms with Gasteiger partial charge in [0.15, 0.2) is 5.11 Å².